The standard InChI is InChI=1S/C24H28O8/c1-6-31-22(26)24(23(27)32-7-2,21(25)17-11-9-8-10-12-17)15-16-13-18(28-3)20(30-5)19(14-16)29-4/h8-14H,6-7,15H2,1-5H3. The van der Waals surface area contributed by atoms with Crippen LogP contribution >= 0.6 is 0 Å². The van der Waals surface area contributed by atoms with Crippen molar-refractivity contribution in [2.75, 3.05) is 34.5 Å². The van der Waals surface area contributed by atoms with Gasteiger partial charge in [0, 0.05) is 12.0 Å². The zero-order chi connectivity index (χ0) is 23.7. The summed E-state index contributed by atoms with van der Waals surface area (Å²) >= 11 is 0. The minimum Gasteiger partial charge on any atom is -0.493 e. The van der Waals surface area contributed by atoms with Crippen LogP contribution in [0, 0.1) is 5.41 Å². The Kier molecular flexibility index (Phi) is 8.63. The minimum atomic E-state index is -2.25. The molecular weight excluding hydrogens is 416 g/mol. The third-order valence-corrected chi connectivity index (χ3v) is 4.87. The van der Waals surface area contributed by atoms with E-state index in [1.54, 1.807) is 44.2 Å². The lowest BCUT2D eigenvalue weighted by Gasteiger charge is -2.28. The van der Waals surface area contributed by atoms with E-state index in [9.17, 15) is 14.4 Å². The molecule has 0 spiro atoms. The summed E-state index contributed by atoms with van der Waals surface area (Å²) < 4.78 is 26.5. The van der Waals surface area contributed by atoms with E-state index < -0.39 is 23.1 Å². The van der Waals surface area contributed by atoms with Crippen molar-refractivity contribution in [3.63, 3.8) is 0 Å². The molecule has 0 atom stereocenters. The smallest absolute Gasteiger partial charge is 0.331 e. The number of esters is 2. The summed E-state index contributed by atoms with van der Waals surface area (Å²) in [6.07, 6.45) is -0.324. The summed E-state index contributed by atoms with van der Waals surface area (Å²) in [6.45, 7) is 3.16. The fraction of sp³-hybridized carbons (Fsp3) is 0.375. The number of ether oxygens (including phenoxy) is 5. The van der Waals surface area contributed by atoms with E-state index in [-0.39, 0.29) is 25.2 Å². The molecule has 0 unspecified atom stereocenters. The SMILES string of the molecule is CCOC(=O)C(Cc1cc(OC)c(OC)c(OC)c1)(C(=O)OCC)C(=O)c1ccccc1. The summed E-state index contributed by atoms with van der Waals surface area (Å²) in [4.78, 5) is 40.1. The molecule has 0 aromatic heterocycles. The summed E-state index contributed by atoms with van der Waals surface area (Å²) in [5, 5.41) is 0. The monoisotopic (exact) mass is 444 g/mol. The number of benzene rings is 2. The molecule has 0 aliphatic rings. The van der Waals surface area contributed by atoms with E-state index in [4.69, 9.17) is 23.7 Å². The van der Waals surface area contributed by atoms with Crippen LogP contribution in [-0.2, 0) is 25.5 Å². The summed E-state index contributed by atoms with van der Waals surface area (Å²) in [5.41, 5.74) is -1.65. The van der Waals surface area contributed by atoms with Crippen LogP contribution in [0.3, 0.4) is 0 Å². The summed E-state index contributed by atoms with van der Waals surface area (Å²) in [6, 6.07) is 11.2. The van der Waals surface area contributed by atoms with Gasteiger partial charge in [-0.15, -0.1) is 0 Å². The highest BCUT2D eigenvalue weighted by Gasteiger charge is 2.56. The molecule has 0 aliphatic carbocycles. The molecule has 8 heteroatoms. The van der Waals surface area contributed by atoms with Crippen molar-refractivity contribution in [3.05, 3.63) is 53.6 Å². The molecule has 0 radical (unpaired) electrons. The third kappa shape index (κ3) is 4.85. The molecule has 0 saturated carbocycles. The maximum atomic E-state index is 13.6. The van der Waals surface area contributed by atoms with Gasteiger partial charge in [0.05, 0.1) is 34.5 Å². The Morgan fingerprint density at radius 1 is 0.781 bits per heavy atom. The highest BCUT2D eigenvalue weighted by atomic mass is 16.6. The molecule has 0 bridgehead atoms. The van der Waals surface area contributed by atoms with Crippen molar-refractivity contribution in [1.82, 2.24) is 0 Å². The molecule has 2 aromatic rings. The van der Waals surface area contributed by atoms with Crippen LogP contribution in [0.5, 0.6) is 17.2 Å². The van der Waals surface area contributed by atoms with Gasteiger partial charge in [-0.2, -0.15) is 0 Å². The van der Waals surface area contributed by atoms with Gasteiger partial charge in [-0.25, -0.2) is 0 Å². The lowest BCUT2D eigenvalue weighted by Crippen LogP contribution is -2.50. The maximum Gasteiger partial charge on any atom is 0.331 e. The number of methoxy groups -OCH3 is 3. The molecule has 172 valence electrons. The lowest BCUT2D eigenvalue weighted by molar-refractivity contribution is -0.167. The molecule has 0 aliphatic heterocycles. The first-order valence-electron chi connectivity index (χ1n) is 10.1. The van der Waals surface area contributed by atoms with E-state index in [2.05, 4.69) is 0 Å². The average molecular weight is 444 g/mol. The van der Waals surface area contributed by atoms with Gasteiger partial charge >= 0.3 is 11.9 Å². The van der Waals surface area contributed by atoms with E-state index in [1.165, 1.54) is 33.5 Å². The average Bonchev–Trinajstić information content (AvgIpc) is 2.82. The molecule has 2 aromatic carbocycles. The number of ketones is 1. The number of Topliss-reactive ketones (excluding diaryl/α,β-unsaturated/α-hetero) is 1. The largest absolute Gasteiger partial charge is 0.493 e. The molecule has 0 saturated heterocycles. The van der Waals surface area contributed by atoms with Gasteiger partial charge < -0.3 is 23.7 Å². The van der Waals surface area contributed by atoms with Crippen molar-refractivity contribution in [3.8, 4) is 17.2 Å². The van der Waals surface area contributed by atoms with E-state index in [1.807, 2.05) is 0 Å². The Bertz CT molecular complexity index is 909. The minimum absolute atomic E-state index is 0.0166. The predicted octanol–water partition coefficient (Wildman–Crippen LogP) is 3.25. The summed E-state index contributed by atoms with van der Waals surface area (Å²) in [5.74, 6) is -1.72. The van der Waals surface area contributed by atoms with Gasteiger partial charge in [-0.05, 0) is 31.5 Å². The van der Waals surface area contributed by atoms with Gasteiger partial charge in [-0.1, -0.05) is 30.3 Å². The Morgan fingerprint density at radius 3 is 1.69 bits per heavy atom. The second-order valence-electron chi connectivity index (χ2n) is 6.75. The van der Waals surface area contributed by atoms with E-state index >= 15 is 0 Å². The van der Waals surface area contributed by atoms with Crippen molar-refractivity contribution in [1.29, 1.82) is 0 Å². The van der Waals surface area contributed by atoms with Crippen molar-refractivity contribution < 1.29 is 38.1 Å². The molecule has 0 N–H and O–H groups in total. The number of rotatable bonds is 11. The van der Waals surface area contributed by atoms with Crippen LogP contribution in [0.25, 0.3) is 0 Å². The fourth-order valence-electron chi connectivity index (χ4n) is 3.38. The van der Waals surface area contributed by atoms with Crippen molar-refractivity contribution in [2.24, 2.45) is 5.41 Å². The Labute approximate surface area is 187 Å². The van der Waals surface area contributed by atoms with Gasteiger partial charge in [-0.3, -0.25) is 14.4 Å². The van der Waals surface area contributed by atoms with Crippen LogP contribution in [0.15, 0.2) is 42.5 Å². The van der Waals surface area contributed by atoms with Crippen molar-refractivity contribution in [2.45, 2.75) is 20.3 Å². The highest BCUT2D eigenvalue weighted by Crippen LogP contribution is 2.41. The summed E-state index contributed by atoms with van der Waals surface area (Å²) in [7, 11) is 4.35. The predicted molar refractivity (Wildman–Crippen MR) is 116 cm³/mol. The quantitative estimate of drug-likeness (QED) is 0.296. The molecule has 0 amide bonds. The maximum absolute atomic E-state index is 13.6. The normalized spacial score (nSPS) is 10.8. The first kappa shape index (κ1) is 24.7. The van der Waals surface area contributed by atoms with Crippen LogP contribution in [0.1, 0.15) is 29.8 Å². The first-order chi connectivity index (χ1) is 15.4. The van der Waals surface area contributed by atoms with Gasteiger partial charge in [0.25, 0.3) is 0 Å². The van der Waals surface area contributed by atoms with Crippen LogP contribution < -0.4 is 14.2 Å². The number of carbonyl (C=O) groups excluding carboxylic acids is 3. The Morgan fingerprint density at radius 2 is 1.28 bits per heavy atom. The first-order valence-corrected chi connectivity index (χ1v) is 10.1. The van der Waals surface area contributed by atoms with Crippen LogP contribution in [0.4, 0.5) is 0 Å². The van der Waals surface area contributed by atoms with Crippen LogP contribution in [0.2, 0.25) is 0 Å². The molecule has 0 heterocycles. The topological polar surface area (TPSA) is 97.4 Å². The lowest BCUT2D eigenvalue weighted by atomic mass is 9.75. The Hall–Kier alpha value is -3.55. The molecule has 32 heavy (non-hydrogen) atoms. The van der Waals surface area contributed by atoms with E-state index in [0.29, 0.717) is 22.8 Å². The van der Waals surface area contributed by atoms with Gasteiger partial charge in [0.1, 0.15) is 0 Å². The second kappa shape index (κ2) is 11.2. The number of carbonyl (C=O) groups is 3. The fourth-order valence-corrected chi connectivity index (χ4v) is 3.38. The van der Waals surface area contributed by atoms with Gasteiger partial charge in [0.2, 0.25) is 11.2 Å². The van der Waals surface area contributed by atoms with E-state index in [0.717, 1.165) is 0 Å². The zero-order valence-corrected chi connectivity index (χ0v) is 18.9. The van der Waals surface area contributed by atoms with Crippen LogP contribution in [-0.4, -0.2) is 52.3 Å². The second-order valence-corrected chi connectivity index (χ2v) is 6.75. The van der Waals surface area contributed by atoms with Crippen molar-refractivity contribution >= 4 is 17.7 Å². The highest BCUT2D eigenvalue weighted by molar-refractivity contribution is 6.25. The Balaban J connectivity index is 2.73. The molecule has 8 nitrogen and oxygen atoms in total. The number of hydrogen-bond acceptors (Lipinski definition) is 8. The molecule has 0 fully saturated rings. The zero-order valence-electron chi connectivity index (χ0n) is 18.9. The molecule has 2 rings (SSSR count). The van der Waals surface area contributed by atoms with Gasteiger partial charge in [0.15, 0.2) is 17.3 Å². The third-order valence-electron chi connectivity index (χ3n) is 4.87. The molecular formula is C24H28O8. The number of hydrogen-bond donors (Lipinski definition) is 0.